The number of anilines is 1. The molecule has 0 radical (unpaired) electrons. The topological polar surface area (TPSA) is 29.3 Å². The average molecular weight is 252 g/mol. The Morgan fingerprint density at radius 2 is 2.06 bits per heavy atom. The van der Waals surface area contributed by atoms with Gasteiger partial charge in [0.2, 0.25) is 0 Å². The van der Waals surface area contributed by atoms with Crippen LogP contribution in [-0.2, 0) is 0 Å². The molecule has 16 heavy (non-hydrogen) atoms. The lowest BCUT2D eigenvalue weighted by Gasteiger charge is -2.24. The molecule has 0 atom stereocenters. The summed E-state index contributed by atoms with van der Waals surface area (Å²) in [7, 11) is 0. The quantitative estimate of drug-likeness (QED) is 0.818. The largest absolute Gasteiger partial charge is 0.389 e. The first-order valence-corrected chi connectivity index (χ1v) is 7.07. The predicted molar refractivity (Wildman–Crippen MR) is 76.5 cm³/mol. The Bertz CT molecular complexity index is 371. The number of hydrogen-bond donors (Lipinski definition) is 1. The number of hydrogen-bond acceptors (Lipinski definition) is 3. The van der Waals surface area contributed by atoms with Gasteiger partial charge < -0.3 is 10.6 Å². The lowest BCUT2D eigenvalue weighted by atomic mass is 10.1. The highest BCUT2D eigenvalue weighted by Gasteiger charge is 2.14. The first-order valence-electron chi connectivity index (χ1n) is 5.50. The molecule has 1 aromatic rings. The second kappa shape index (κ2) is 5.55. The molecule has 2 N–H and O–H groups in total. The lowest BCUT2D eigenvalue weighted by molar-refractivity contribution is 0.815. The van der Waals surface area contributed by atoms with E-state index in [4.69, 9.17) is 18.0 Å². The van der Waals surface area contributed by atoms with Gasteiger partial charge in [-0.05, 0) is 24.3 Å². The molecular weight excluding hydrogens is 236 g/mol. The van der Waals surface area contributed by atoms with Crippen molar-refractivity contribution in [3.8, 4) is 0 Å². The second-order valence-corrected chi connectivity index (χ2v) is 5.50. The van der Waals surface area contributed by atoms with E-state index in [1.165, 1.54) is 23.6 Å². The van der Waals surface area contributed by atoms with Crippen molar-refractivity contribution in [1.29, 1.82) is 0 Å². The maximum atomic E-state index is 5.76. The van der Waals surface area contributed by atoms with E-state index in [-0.39, 0.29) is 0 Å². The molecule has 86 valence electrons. The van der Waals surface area contributed by atoms with Crippen LogP contribution in [0.5, 0.6) is 0 Å². The number of rotatable bonds is 2. The first kappa shape index (κ1) is 11.7. The van der Waals surface area contributed by atoms with Gasteiger partial charge >= 0.3 is 0 Å². The molecule has 1 fully saturated rings. The van der Waals surface area contributed by atoms with Crippen molar-refractivity contribution in [2.24, 2.45) is 5.73 Å². The van der Waals surface area contributed by atoms with Crippen molar-refractivity contribution in [2.45, 2.75) is 6.42 Å². The van der Waals surface area contributed by atoms with Gasteiger partial charge in [0.05, 0.1) is 0 Å². The van der Waals surface area contributed by atoms with Crippen LogP contribution in [0.4, 0.5) is 5.69 Å². The van der Waals surface area contributed by atoms with Gasteiger partial charge in [-0.2, -0.15) is 11.8 Å². The van der Waals surface area contributed by atoms with Gasteiger partial charge in [-0.25, -0.2) is 0 Å². The number of nitrogens with zero attached hydrogens (tertiary/aromatic N) is 1. The number of thiocarbonyl (C=S) groups is 1. The minimum Gasteiger partial charge on any atom is -0.389 e. The fraction of sp³-hybridized carbons (Fsp3) is 0.417. The van der Waals surface area contributed by atoms with Crippen molar-refractivity contribution >= 4 is 34.7 Å². The number of thioether (sulfide) groups is 1. The van der Waals surface area contributed by atoms with Crippen LogP contribution >= 0.6 is 24.0 Å². The Kier molecular flexibility index (Phi) is 4.07. The zero-order chi connectivity index (χ0) is 11.4. The van der Waals surface area contributed by atoms with Crippen LogP contribution in [0, 0.1) is 0 Å². The predicted octanol–water partition coefficient (Wildman–Crippen LogP) is 2.26. The van der Waals surface area contributed by atoms with Crippen LogP contribution in [-0.4, -0.2) is 29.6 Å². The lowest BCUT2D eigenvalue weighted by Crippen LogP contribution is -2.28. The van der Waals surface area contributed by atoms with Crippen LogP contribution in [0.2, 0.25) is 0 Å². The van der Waals surface area contributed by atoms with E-state index in [0.29, 0.717) is 4.99 Å². The first-order chi connectivity index (χ1) is 7.79. The van der Waals surface area contributed by atoms with Gasteiger partial charge in [0.25, 0.3) is 0 Å². The van der Waals surface area contributed by atoms with E-state index in [9.17, 15) is 0 Å². The molecule has 1 aliphatic heterocycles. The molecule has 4 heteroatoms. The summed E-state index contributed by atoms with van der Waals surface area (Å²) in [6.45, 7) is 2.19. The highest BCUT2D eigenvalue weighted by Crippen LogP contribution is 2.23. The van der Waals surface area contributed by atoms with Crippen molar-refractivity contribution in [2.75, 3.05) is 29.5 Å². The maximum Gasteiger partial charge on any atom is 0.106 e. The molecule has 1 saturated heterocycles. The summed E-state index contributed by atoms with van der Waals surface area (Å²) in [6, 6.07) is 8.17. The van der Waals surface area contributed by atoms with Crippen LogP contribution in [0.3, 0.4) is 0 Å². The zero-order valence-corrected chi connectivity index (χ0v) is 10.8. The molecular formula is C12H16N2S2. The maximum absolute atomic E-state index is 5.76. The van der Waals surface area contributed by atoms with Crippen molar-refractivity contribution in [3.63, 3.8) is 0 Å². The highest BCUT2D eigenvalue weighted by atomic mass is 32.2. The monoisotopic (exact) mass is 252 g/mol. The summed E-state index contributed by atoms with van der Waals surface area (Å²) in [4.78, 5) is 2.89. The van der Waals surface area contributed by atoms with Crippen LogP contribution in [0.15, 0.2) is 24.3 Å². The van der Waals surface area contributed by atoms with E-state index in [1.807, 2.05) is 23.9 Å². The third-order valence-corrected chi connectivity index (χ3v) is 4.00. The molecule has 0 spiro atoms. The molecule has 1 heterocycles. The third-order valence-electron chi connectivity index (χ3n) is 2.73. The fourth-order valence-corrected chi connectivity index (χ4v) is 3.00. The van der Waals surface area contributed by atoms with Gasteiger partial charge in [0.15, 0.2) is 0 Å². The molecule has 0 aliphatic carbocycles. The minimum absolute atomic E-state index is 0.493. The summed E-state index contributed by atoms with van der Waals surface area (Å²) < 4.78 is 0. The van der Waals surface area contributed by atoms with Crippen LogP contribution in [0.25, 0.3) is 0 Å². The van der Waals surface area contributed by atoms with Crippen LogP contribution < -0.4 is 10.6 Å². The normalized spacial score (nSPS) is 16.9. The van der Waals surface area contributed by atoms with Gasteiger partial charge in [-0.3, -0.25) is 0 Å². The standard InChI is InChI=1S/C12H16N2S2/c13-12(15)10-4-1-2-5-11(10)14-6-3-8-16-9-7-14/h1-2,4-5H,3,6-9H2,(H2,13,15). The second-order valence-electron chi connectivity index (χ2n) is 3.83. The van der Waals surface area contributed by atoms with Crippen molar-refractivity contribution in [3.05, 3.63) is 29.8 Å². The zero-order valence-electron chi connectivity index (χ0n) is 9.19. The summed E-state index contributed by atoms with van der Waals surface area (Å²) in [5.41, 5.74) is 7.96. The number of nitrogens with two attached hydrogens (primary N) is 1. The summed E-state index contributed by atoms with van der Waals surface area (Å²) >= 11 is 7.12. The van der Waals surface area contributed by atoms with E-state index in [2.05, 4.69) is 17.0 Å². The smallest absolute Gasteiger partial charge is 0.106 e. The molecule has 0 aromatic heterocycles. The Labute approximate surface area is 106 Å². The average Bonchev–Trinajstić information content (AvgIpc) is 2.57. The number of benzene rings is 1. The summed E-state index contributed by atoms with van der Waals surface area (Å²) in [6.07, 6.45) is 1.23. The van der Waals surface area contributed by atoms with Crippen LogP contribution in [0.1, 0.15) is 12.0 Å². The van der Waals surface area contributed by atoms with E-state index < -0.39 is 0 Å². The SMILES string of the molecule is NC(=S)c1ccccc1N1CCCSCC1. The fourth-order valence-electron chi connectivity index (χ4n) is 1.94. The van der Waals surface area contributed by atoms with E-state index >= 15 is 0 Å². The molecule has 2 nitrogen and oxygen atoms in total. The molecule has 0 unspecified atom stereocenters. The van der Waals surface area contributed by atoms with Crippen molar-refractivity contribution in [1.82, 2.24) is 0 Å². The van der Waals surface area contributed by atoms with Gasteiger partial charge in [-0.15, -0.1) is 0 Å². The molecule has 0 saturated carbocycles. The highest BCUT2D eigenvalue weighted by molar-refractivity contribution is 7.99. The molecule has 1 aromatic carbocycles. The van der Waals surface area contributed by atoms with Gasteiger partial charge in [0, 0.05) is 30.1 Å². The summed E-state index contributed by atoms with van der Waals surface area (Å²) in [5.74, 6) is 2.44. The Morgan fingerprint density at radius 3 is 2.88 bits per heavy atom. The molecule has 1 aliphatic rings. The Hall–Kier alpha value is -0.740. The number of para-hydroxylation sites is 1. The molecule has 0 amide bonds. The molecule has 0 bridgehead atoms. The van der Waals surface area contributed by atoms with Gasteiger partial charge in [-0.1, -0.05) is 24.4 Å². The summed E-state index contributed by atoms with van der Waals surface area (Å²) in [5, 5.41) is 0. The third kappa shape index (κ3) is 2.68. The van der Waals surface area contributed by atoms with Gasteiger partial charge in [0.1, 0.15) is 4.99 Å². The van der Waals surface area contributed by atoms with E-state index in [0.717, 1.165) is 18.7 Å². The molecule has 2 rings (SSSR count). The minimum atomic E-state index is 0.493. The Morgan fingerprint density at radius 1 is 1.25 bits per heavy atom. The Balaban J connectivity index is 2.27. The van der Waals surface area contributed by atoms with E-state index in [1.54, 1.807) is 0 Å². The van der Waals surface area contributed by atoms with Crippen molar-refractivity contribution < 1.29 is 0 Å².